The third-order valence-electron chi connectivity index (χ3n) is 4.45. The Morgan fingerprint density at radius 3 is 2.53 bits per heavy atom. The van der Waals surface area contributed by atoms with Crippen LogP contribution in [-0.2, 0) is 11.9 Å². The Bertz CT molecular complexity index is 940. The first-order valence-corrected chi connectivity index (χ1v) is 9.10. The zero-order chi connectivity index (χ0) is 22.3. The summed E-state index contributed by atoms with van der Waals surface area (Å²) in [5, 5.41) is 15.0. The second kappa shape index (κ2) is 7.93. The maximum absolute atomic E-state index is 12.7. The van der Waals surface area contributed by atoms with Gasteiger partial charge in [0.05, 0.1) is 11.3 Å². The Labute approximate surface area is 170 Å². The van der Waals surface area contributed by atoms with Crippen molar-refractivity contribution in [3.63, 3.8) is 0 Å². The van der Waals surface area contributed by atoms with E-state index < -0.39 is 30.6 Å². The number of carbonyl (C=O) groups is 1. The van der Waals surface area contributed by atoms with Crippen LogP contribution in [0.1, 0.15) is 40.4 Å². The molecule has 0 atom stereocenters. The van der Waals surface area contributed by atoms with Crippen molar-refractivity contribution in [3.8, 4) is 5.75 Å². The second-order valence-corrected chi connectivity index (χ2v) is 7.62. The highest BCUT2D eigenvalue weighted by Crippen LogP contribution is 2.41. The lowest BCUT2D eigenvalue weighted by Crippen LogP contribution is -2.27. The first kappa shape index (κ1) is 22.1. The van der Waals surface area contributed by atoms with E-state index >= 15 is 0 Å². The van der Waals surface area contributed by atoms with Crippen molar-refractivity contribution in [2.45, 2.75) is 43.5 Å². The molecule has 0 spiro atoms. The minimum atomic E-state index is -4.49. The Kier molecular flexibility index (Phi) is 5.85. The van der Waals surface area contributed by atoms with Crippen LogP contribution < -0.4 is 10.1 Å². The lowest BCUT2D eigenvalue weighted by atomic mass is 9.61. The first-order valence-electron chi connectivity index (χ1n) is 9.10. The van der Waals surface area contributed by atoms with Crippen LogP contribution in [0.5, 0.6) is 5.75 Å². The molecule has 1 heterocycles. The quantitative estimate of drug-likeness (QED) is 0.518. The number of alkyl halides is 5. The summed E-state index contributed by atoms with van der Waals surface area (Å²) < 4.78 is 68.6. The van der Waals surface area contributed by atoms with Crippen molar-refractivity contribution in [3.05, 3.63) is 41.2 Å². The number of amides is 1. The lowest BCUT2D eigenvalue weighted by Gasteiger charge is -2.22. The smallest absolute Gasteiger partial charge is 0.408 e. The van der Waals surface area contributed by atoms with Gasteiger partial charge in [-0.05, 0) is 18.9 Å². The Morgan fingerprint density at radius 1 is 1.33 bits per heavy atom. The molecule has 1 aromatic carbocycles. The molecule has 2 aromatic rings. The molecule has 160 valence electrons. The van der Waals surface area contributed by atoms with Gasteiger partial charge in [0.15, 0.2) is 0 Å². The van der Waals surface area contributed by atoms with Crippen LogP contribution in [0.2, 0.25) is 0 Å². The molecule has 0 saturated heterocycles. The molecule has 1 amide bonds. The van der Waals surface area contributed by atoms with E-state index in [9.17, 15) is 31.9 Å². The number of aliphatic hydroxyl groups is 1. The number of carbonyl (C=O) groups excluding carboxylic acids is 1. The molecule has 30 heavy (non-hydrogen) atoms. The van der Waals surface area contributed by atoms with Gasteiger partial charge in [-0.2, -0.15) is 27.1 Å². The molecule has 2 N–H and O–H groups in total. The van der Waals surface area contributed by atoms with Crippen LogP contribution in [-0.4, -0.2) is 49.3 Å². The van der Waals surface area contributed by atoms with Gasteiger partial charge in [0, 0.05) is 34.8 Å². The Balaban J connectivity index is 1.87. The van der Waals surface area contributed by atoms with Gasteiger partial charge in [-0.3, -0.25) is 9.48 Å². The van der Waals surface area contributed by atoms with Crippen LogP contribution in [0.4, 0.5) is 27.6 Å². The molecule has 0 aliphatic heterocycles. The number of halogens is 5. The van der Waals surface area contributed by atoms with E-state index in [1.807, 2.05) is 0 Å². The molecular formula is C17H18B2F5N3O3. The van der Waals surface area contributed by atoms with Gasteiger partial charge in [0.25, 0.3) is 5.91 Å². The Hall–Kier alpha value is -2.56. The number of benzene rings is 1. The van der Waals surface area contributed by atoms with Crippen molar-refractivity contribution in [2.24, 2.45) is 0 Å². The van der Waals surface area contributed by atoms with Gasteiger partial charge in [-0.1, -0.05) is 6.07 Å². The summed E-state index contributed by atoms with van der Waals surface area (Å²) >= 11 is 0. The standard InChI is InChI=1S/C17H18B2F5N3O3/c18-17(19,29)11-4-3-9(5-12(11)30-15(20)21)25-14(28)10-6-27(7-16(22,23)24)26-13(10)8-1-2-8/h3-6,8,15,29H,1-2,7,18-19H2,(H,25,28). The fourth-order valence-electron chi connectivity index (χ4n) is 3.03. The van der Waals surface area contributed by atoms with E-state index in [-0.39, 0.29) is 34.2 Å². The summed E-state index contributed by atoms with van der Waals surface area (Å²) in [5.74, 6) is -1.13. The number of nitrogens with one attached hydrogen (secondary N) is 1. The predicted octanol–water partition coefficient (Wildman–Crippen LogP) is 1.55. The number of rotatable bonds is 7. The van der Waals surface area contributed by atoms with Crippen LogP contribution >= 0.6 is 0 Å². The molecule has 0 bridgehead atoms. The highest BCUT2D eigenvalue weighted by molar-refractivity contribution is 6.38. The number of hydrogen-bond donors (Lipinski definition) is 2. The van der Waals surface area contributed by atoms with E-state index in [0.29, 0.717) is 4.68 Å². The number of aromatic nitrogens is 2. The van der Waals surface area contributed by atoms with E-state index in [1.54, 1.807) is 0 Å². The molecular weight excluding hydrogens is 411 g/mol. The zero-order valence-electron chi connectivity index (χ0n) is 16.1. The molecule has 0 unspecified atom stereocenters. The van der Waals surface area contributed by atoms with E-state index in [1.165, 1.54) is 27.8 Å². The van der Waals surface area contributed by atoms with Gasteiger partial charge >= 0.3 is 12.8 Å². The third kappa shape index (κ3) is 5.53. The van der Waals surface area contributed by atoms with Crippen LogP contribution in [0, 0.1) is 0 Å². The van der Waals surface area contributed by atoms with Gasteiger partial charge in [0.2, 0.25) is 0 Å². The minimum absolute atomic E-state index is 0.00959. The minimum Gasteiger partial charge on any atom is -0.434 e. The van der Waals surface area contributed by atoms with Crippen LogP contribution in [0.3, 0.4) is 0 Å². The van der Waals surface area contributed by atoms with Gasteiger partial charge in [-0.25, -0.2) is 0 Å². The van der Waals surface area contributed by atoms with Crippen molar-refractivity contribution < 1.29 is 36.6 Å². The third-order valence-corrected chi connectivity index (χ3v) is 4.45. The topological polar surface area (TPSA) is 76.4 Å². The molecule has 6 nitrogen and oxygen atoms in total. The summed E-state index contributed by atoms with van der Waals surface area (Å²) in [4.78, 5) is 12.7. The van der Waals surface area contributed by atoms with E-state index in [2.05, 4.69) is 15.2 Å². The maximum Gasteiger partial charge on any atom is 0.408 e. The SMILES string of the molecule is BC(B)(O)c1ccc(NC(=O)c2cn(CC(F)(F)F)nc2C2CC2)cc1OC(F)F. The first-order chi connectivity index (χ1) is 13.8. The summed E-state index contributed by atoms with van der Waals surface area (Å²) in [5.41, 5.74) is 0.421. The van der Waals surface area contributed by atoms with Crippen LogP contribution in [0.15, 0.2) is 24.4 Å². The van der Waals surface area contributed by atoms with Crippen molar-refractivity contribution >= 4 is 27.3 Å². The highest BCUT2D eigenvalue weighted by atomic mass is 19.4. The van der Waals surface area contributed by atoms with E-state index in [4.69, 9.17) is 0 Å². The summed E-state index contributed by atoms with van der Waals surface area (Å²) in [6.45, 7) is -4.48. The average Bonchev–Trinajstić information content (AvgIpc) is 3.33. The monoisotopic (exact) mass is 429 g/mol. The van der Waals surface area contributed by atoms with Gasteiger partial charge < -0.3 is 15.2 Å². The summed E-state index contributed by atoms with van der Waals surface area (Å²) in [6.07, 6.45) is -2.03. The van der Waals surface area contributed by atoms with Gasteiger partial charge in [-0.15, -0.1) is 0 Å². The molecule has 1 saturated carbocycles. The number of hydrogen-bond acceptors (Lipinski definition) is 4. The fraction of sp³-hybridized carbons (Fsp3) is 0.412. The van der Waals surface area contributed by atoms with Crippen molar-refractivity contribution in [1.82, 2.24) is 9.78 Å². The fourth-order valence-corrected chi connectivity index (χ4v) is 3.03. The molecule has 1 aliphatic rings. The Morgan fingerprint density at radius 2 is 2.00 bits per heavy atom. The second-order valence-electron chi connectivity index (χ2n) is 7.62. The molecule has 0 radical (unpaired) electrons. The predicted molar refractivity (Wildman–Crippen MR) is 102 cm³/mol. The number of nitrogens with zero attached hydrogens (tertiary/aromatic N) is 2. The molecule has 1 fully saturated rings. The maximum atomic E-state index is 12.7. The zero-order valence-corrected chi connectivity index (χ0v) is 16.1. The van der Waals surface area contributed by atoms with Gasteiger partial charge in [0.1, 0.15) is 28.0 Å². The normalized spacial score (nSPS) is 14.8. The largest absolute Gasteiger partial charge is 0.434 e. The van der Waals surface area contributed by atoms with Crippen molar-refractivity contribution in [2.75, 3.05) is 5.32 Å². The summed E-state index contributed by atoms with van der Waals surface area (Å²) in [6, 6.07) is 3.82. The molecule has 1 aromatic heterocycles. The molecule has 3 rings (SSSR count). The van der Waals surface area contributed by atoms with Crippen molar-refractivity contribution in [1.29, 1.82) is 0 Å². The number of anilines is 1. The molecule has 13 heteroatoms. The molecule has 1 aliphatic carbocycles. The average molecular weight is 429 g/mol. The van der Waals surface area contributed by atoms with Crippen LogP contribution in [0.25, 0.3) is 0 Å². The highest BCUT2D eigenvalue weighted by Gasteiger charge is 2.34. The number of ether oxygens (including phenoxy) is 1. The summed E-state index contributed by atoms with van der Waals surface area (Å²) in [7, 11) is 2.77. The van der Waals surface area contributed by atoms with E-state index in [0.717, 1.165) is 25.1 Å². The lowest BCUT2D eigenvalue weighted by molar-refractivity contribution is -0.142.